The van der Waals surface area contributed by atoms with Crippen LogP contribution in [0.15, 0.2) is 10.8 Å². The molecule has 1 heterocycles. The van der Waals surface area contributed by atoms with Crippen molar-refractivity contribution in [2.75, 3.05) is 18.5 Å². The van der Waals surface area contributed by atoms with Gasteiger partial charge in [0.05, 0.1) is 6.61 Å². The Morgan fingerprint density at radius 3 is 2.72 bits per heavy atom. The van der Waals surface area contributed by atoms with E-state index in [1.165, 1.54) is 25.6 Å². The number of ether oxygens (including phenoxy) is 1. The van der Waals surface area contributed by atoms with Crippen LogP contribution in [0.1, 0.15) is 46.0 Å². The average molecular weight is 316 g/mol. The first-order valence-electron chi connectivity index (χ1n) is 6.66. The summed E-state index contributed by atoms with van der Waals surface area (Å²) >= 11 is 3.48. The van der Waals surface area contributed by atoms with Gasteiger partial charge in [0.25, 0.3) is 0 Å². The van der Waals surface area contributed by atoms with Crippen molar-refractivity contribution in [1.29, 1.82) is 0 Å². The van der Waals surface area contributed by atoms with Crippen molar-refractivity contribution in [1.82, 2.24) is 9.97 Å². The summed E-state index contributed by atoms with van der Waals surface area (Å²) in [7, 11) is 0. The fourth-order valence-electron chi connectivity index (χ4n) is 1.52. The lowest BCUT2D eigenvalue weighted by Crippen LogP contribution is -2.06. The van der Waals surface area contributed by atoms with Gasteiger partial charge in [-0.1, -0.05) is 33.1 Å². The van der Waals surface area contributed by atoms with Gasteiger partial charge < -0.3 is 10.1 Å². The van der Waals surface area contributed by atoms with Crippen LogP contribution in [0.3, 0.4) is 0 Å². The molecule has 0 unspecified atom stereocenters. The zero-order valence-electron chi connectivity index (χ0n) is 11.2. The third-order valence-electron chi connectivity index (χ3n) is 2.54. The molecule has 0 amide bonds. The Morgan fingerprint density at radius 1 is 1.17 bits per heavy atom. The van der Waals surface area contributed by atoms with Gasteiger partial charge in [0, 0.05) is 6.54 Å². The van der Waals surface area contributed by atoms with E-state index >= 15 is 0 Å². The van der Waals surface area contributed by atoms with Crippen LogP contribution < -0.4 is 10.1 Å². The van der Waals surface area contributed by atoms with Gasteiger partial charge in [0.2, 0.25) is 5.88 Å². The molecule has 1 aromatic heterocycles. The van der Waals surface area contributed by atoms with Crippen molar-refractivity contribution in [3.63, 3.8) is 0 Å². The number of rotatable bonds is 9. The third-order valence-corrected chi connectivity index (χ3v) is 3.25. The van der Waals surface area contributed by atoms with Crippen molar-refractivity contribution < 1.29 is 4.74 Å². The molecular formula is C13H22BrN3O. The minimum absolute atomic E-state index is 0.625. The van der Waals surface area contributed by atoms with Crippen LogP contribution in [0.2, 0.25) is 0 Å². The maximum Gasteiger partial charge on any atom is 0.233 e. The molecule has 18 heavy (non-hydrogen) atoms. The Hall–Kier alpha value is -0.840. The van der Waals surface area contributed by atoms with Crippen molar-refractivity contribution in [3.8, 4) is 5.88 Å². The standard InChI is InChI=1S/C13H22BrN3O/c1-3-5-6-7-9-18-13-11(14)12(15-8-4-2)16-10-17-13/h10H,3-9H2,1-2H3,(H,15,16,17). The van der Waals surface area contributed by atoms with Crippen LogP contribution in [0, 0.1) is 0 Å². The van der Waals surface area contributed by atoms with Gasteiger partial charge in [-0.15, -0.1) is 0 Å². The number of nitrogens with zero attached hydrogens (tertiary/aromatic N) is 2. The Morgan fingerprint density at radius 2 is 2.00 bits per heavy atom. The number of hydrogen-bond donors (Lipinski definition) is 1. The molecular weight excluding hydrogens is 294 g/mol. The zero-order valence-corrected chi connectivity index (χ0v) is 12.8. The van der Waals surface area contributed by atoms with Gasteiger partial charge in [-0.05, 0) is 28.8 Å². The van der Waals surface area contributed by atoms with Gasteiger partial charge in [0.1, 0.15) is 16.6 Å². The Bertz CT molecular complexity index is 347. The van der Waals surface area contributed by atoms with Crippen LogP contribution in [-0.2, 0) is 0 Å². The van der Waals surface area contributed by atoms with Crippen molar-refractivity contribution >= 4 is 21.7 Å². The molecule has 0 saturated heterocycles. The normalized spacial score (nSPS) is 10.4. The summed E-state index contributed by atoms with van der Waals surface area (Å²) in [6, 6.07) is 0. The van der Waals surface area contributed by atoms with Crippen LogP contribution >= 0.6 is 15.9 Å². The second-order valence-electron chi connectivity index (χ2n) is 4.18. The largest absolute Gasteiger partial charge is 0.477 e. The number of anilines is 1. The molecule has 0 spiro atoms. The van der Waals surface area contributed by atoms with Crippen molar-refractivity contribution in [2.24, 2.45) is 0 Å². The smallest absolute Gasteiger partial charge is 0.233 e. The lowest BCUT2D eigenvalue weighted by atomic mass is 10.2. The third kappa shape index (κ3) is 5.21. The van der Waals surface area contributed by atoms with Crippen LogP contribution in [0.25, 0.3) is 0 Å². The van der Waals surface area contributed by atoms with Gasteiger partial charge in [-0.2, -0.15) is 0 Å². The molecule has 0 radical (unpaired) electrons. The summed E-state index contributed by atoms with van der Waals surface area (Å²) in [5, 5.41) is 3.24. The highest BCUT2D eigenvalue weighted by Crippen LogP contribution is 2.28. The second-order valence-corrected chi connectivity index (χ2v) is 4.97. The Labute approximate surface area is 118 Å². The maximum absolute atomic E-state index is 5.67. The highest BCUT2D eigenvalue weighted by atomic mass is 79.9. The molecule has 1 N–H and O–H groups in total. The highest BCUT2D eigenvalue weighted by Gasteiger charge is 2.08. The number of aromatic nitrogens is 2. The number of hydrogen-bond acceptors (Lipinski definition) is 4. The predicted molar refractivity (Wildman–Crippen MR) is 78.1 cm³/mol. The van der Waals surface area contributed by atoms with Crippen molar-refractivity contribution in [3.05, 3.63) is 10.8 Å². The van der Waals surface area contributed by atoms with Crippen molar-refractivity contribution in [2.45, 2.75) is 46.0 Å². The summed E-state index contributed by atoms with van der Waals surface area (Å²) in [5.74, 6) is 1.43. The van der Waals surface area contributed by atoms with E-state index in [0.29, 0.717) is 12.5 Å². The first kappa shape index (κ1) is 15.2. The fraction of sp³-hybridized carbons (Fsp3) is 0.692. The van der Waals surface area contributed by atoms with Gasteiger partial charge in [-0.3, -0.25) is 0 Å². The molecule has 1 rings (SSSR count). The Kier molecular flexibility index (Phi) is 7.73. The first-order chi connectivity index (χ1) is 8.79. The molecule has 102 valence electrons. The van der Waals surface area contributed by atoms with Crippen LogP contribution in [0.5, 0.6) is 5.88 Å². The molecule has 4 nitrogen and oxygen atoms in total. The summed E-state index contributed by atoms with van der Waals surface area (Å²) in [4.78, 5) is 8.33. The maximum atomic E-state index is 5.67. The minimum Gasteiger partial charge on any atom is -0.477 e. The highest BCUT2D eigenvalue weighted by molar-refractivity contribution is 9.10. The summed E-state index contributed by atoms with van der Waals surface area (Å²) in [6.45, 7) is 5.93. The summed E-state index contributed by atoms with van der Waals surface area (Å²) in [5.41, 5.74) is 0. The van der Waals surface area contributed by atoms with E-state index in [1.54, 1.807) is 0 Å². The Balaban J connectivity index is 2.44. The molecule has 0 atom stereocenters. The quantitative estimate of drug-likeness (QED) is 0.699. The molecule has 5 heteroatoms. The molecule has 0 aliphatic heterocycles. The SMILES string of the molecule is CCCCCCOc1ncnc(NCCC)c1Br. The average Bonchev–Trinajstić information content (AvgIpc) is 2.39. The lowest BCUT2D eigenvalue weighted by molar-refractivity contribution is 0.291. The van der Waals surface area contributed by atoms with E-state index in [4.69, 9.17) is 4.74 Å². The number of nitrogens with one attached hydrogen (secondary N) is 1. The van der Waals surface area contributed by atoms with Crippen LogP contribution in [-0.4, -0.2) is 23.1 Å². The number of halogens is 1. The van der Waals surface area contributed by atoms with Gasteiger partial charge in [-0.25, -0.2) is 9.97 Å². The monoisotopic (exact) mass is 315 g/mol. The first-order valence-corrected chi connectivity index (χ1v) is 7.46. The van der Waals surface area contributed by atoms with Gasteiger partial charge >= 0.3 is 0 Å². The molecule has 0 bridgehead atoms. The van der Waals surface area contributed by atoms with Crippen LogP contribution in [0.4, 0.5) is 5.82 Å². The van der Waals surface area contributed by atoms with E-state index in [2.05, 4.69) is 45.1 Å². The van der Waals surface area contributed by atoms with Gasteiger partial charge in [0.15, 0.2) is 0 Å². The molecule has 1 aromatic rings. The second kappa shape index (κ2) is 9.14. The van der Waals surface area contributed by atoms with E-state index in [9.17, 15) is 0 Å². The van der Waals surface area contributed by atoms with E-state index in [-0.39, 0.29) is 0 Å². The van der Waals surface area contributed by atoms with E-state index in [0.717, 1.165) is 29.7 Å². The number of unbranched alkanes of at least 4 members (excludes halogenated alkanes) is 3. The summed E-state index contributed by atoms with van der Waals surface area (Å²) < 4.78 is 6.48. The summed E-state index contributed by atoms with van der Waals surface area (Å²) in [6.07, 6.45) is 7.37. The lowest BCUT2D eigenvalue weighted by Gasteiger charge is -2.10. The van der Waals surface area contributed by atoms with E-state index < -0.39 is 0 Å². The predicted octanol–water partition coefficient (Wildman–Crippen LogP) is 4.02. The molecule has 0 aliphatic carbocycles. The van der Waals surface area contributed by atoms with E-state index in [1.807, 2.05) is 0 Å². The topological polar surface area (TPSA) is 47.0 Å². The molecule has 0 saturated carbocycles. The zero-order chi connectivity index (χ0) is 13.2. The molecule has 0 fully saturated rings. The fourth-order valence-corrected chi connectivity index (χ4v) is 1.98. The molecule has 0 aliphatic rings. The molecule has 0 aromatic carbocycles. The minimum atomic E-state index is 0.625.